The Morgan fingerprint density at radius 3 is 2.22 bits per heavy atom. The molecule has 1 saturated carbocycles. The molecule has 0 bridgehead atoms. The molecule has 0 spiro atoms. The quantitative estimate of drug-likeness (QED) is 0.781. The maximum Gasteiger partial charge on any atom is 0.288 e. The standard InChI is InChI=1S/C17H22F2N2OS/c18-17(19)23-15-7-5-13(6-8-15)16(22)21-11-9-20(10-12-21)14-3-1-2-4-14/h5-8,14,17H,1-4,9-12H2. The Morgan fingerprint density at radius 1 is 1.04 bits per heavy atom. The largest absolute Gasteiger partial charge is 0.336 e. The lowest BCUT2D eigenvalue weighted by atomic mass is 10.1. The van der Waals surface area contributed by atoms with Crippen molar-refractivity contribution in [2.75, 3.05) is 26.2 Å². The van der Waals surface area contributed by atoms with Crippen molar-refractivity contribution in [2.24, 2.45) is 0 Å². The molecule has 1 saturated heterocycles. The fourth-order valence-electron chi connectivity index (χ4n) is 3.52. The summed E-state index contributed by atoms with van der Waals surface area (Å²) in [5.41, 5.74) is 0.581. The first kappa shape index (κ1) is 16.7. The number of nitrogens with zero attached hydrogens (tertiary/aromatic N) is 2. The van der Waals surface area contributed by atoms with E-state index in [0.717, 1.165) is 26.2 Å². The molecule has 0 radical (unpaired) electrons. The highest BCUT2D eigenvalue weighted by Crippen LogP contribution is 2.26. The molecule has 1 aliphatic carbocycles. The summed E-state index contributed by atoms with van der Waals surface area (Å²) in [7, 11) is 0. The Bertz CT molecular complexity index is 524. The summed E-state index contributed by atoms with van der Waals surface area (Å²) in [6.45, 7) is 3.39. The molecular weight excluding hydrogens is 318 g/mol. The predicted molar refractivity (Wildman–Crippen MR) is 88.0 cm³/mol. The lowest BCUT2D eigenvalue weighted by Crippen LogP contribution is -2.51. The maximum absolute atomic E-state index is 12.5. The summed E-state index contributed by atoms with van der Waals surface area (Å²) < 4.78 is 24.6. The zero-order chi connectivity index (χ0) is 16.2. The molecular formula is C17H22F2N2OS. The first-order valence-corrected chi connectivity index (χ1v) is 9.09. The third-order valence-electron chi connectivity index (χ3n) is 4.77. The van der Waals surface area contributed by atoms with E-state index in [2.05, 4.69) is 4.90 Å². The Balaban J connectivity index is 1.54. The molecule has 6 heteroatoms. The second-order valence-electron chi connectivity index (χ2n) is 6.17. The third kappa shape index (κ3) is 4.23. The average molecular weight is 340 g/mol. The third-order valence-corrected chi connectivity index (χ3v) is 5.49. The van der Waals surface area contributed by atoms with Crippen LogP contribution in [0.15, 0.2) is 29.2 Å². The normalized spacial score (nSPS) is 20.4. The number of carbonyl (C=O) groups is 1. The van der Waals surface area contributed by atoms with Gasteiger partial charge in [-0.2, -0.15) is 8.78 Å². The van der Waals surface area contributed by atoms with E-state index in [9.17, 15) is 13.6 Å². The summed E-state index contributed by atoms with van der Waals surface area (Å²) in [4.78, 5) is 17.4. The van der Waals surface area contributed by atoms with Gasteiger partial charge in [-0.25, -0.2) is 0 Å². The lowest BCUT2D eigenvalue weighted by Gasteiger charge is -2.38. The number of benzene rings is 1. The lowest BCUT2D eigenvalue weighted by molar-refractivity contribution is 0.0573. The first-order chi connectivity index (χ1) is 11.1. The van der Waals surface area contributed by atoms with Crippen molar-refractivity contribution in [1.82, 2.24) is 9.80 Å². The monoisotopic (exact) mass is 340 g/mol. The second-order valence-corrected chi connectivity index (χ2v) is 7.23. The van der Waals surface area contributed by atoms with Crippen LogP contribution in [0.3, 0.4) is 0 Å². The van der Waals surface area contributed by atoms with E-state index >= 15 is 0 Å². The van der Waals surface area contributed by atoms with Crippen LogP contribution in [0.2, 0.25) is 0 Å². The van der Waals surface area contributed by atoms with Crippen LogP contribution < -0.4 is 0 Å². The van der Waals surface area contributed by atoms with Gasteiger partial charge in [0, 0.05) is 42.7 Å². The number of rotatable bonds is 4. The van der Waals surface area contributed by atoms with Gasteiger partial charge >= 0.3 is 0 Å². The van der Waals surface area contributed by atoms with Gasteiger partial charge in [0.05, 0.1) is 0 Å². The molecule has 1 aromatic carbocycles. The van der Waals surface area contributed by atoms with Crippen molar-refractivity contribution in [1.29, 1.82) is 0 Å². The average Bonchev–Trinajstić information content (AvgIpc) is 3.09. The topological polar surface area (TPSA) is 23.6 Å². The van der Waals surface area contributed by atoms with Crippen LogP contribution in [0, 0.1) is 0 Å². The van der Waals surface area contributed by atoms with E-state index in [1.165, 1.54) is 25.7 Å². The predicted octanol–water partition coefficient (Wildman–Crippen LogP) is 3.70. The Kier molecular flexibility index (Phi) is 5.54. The number of halogens is 2. The van der Waals surface area contributed by atoms with E-state index in [4.69, 9.17) is 0 Å². The molecule has 1 amide bonds. The van der Waals surface area contributed by atoms with Gasteiger partial charge in [-0.15, -0.1) is 0 Å². The Labute approximate surface area is 140 Å². The van der Waals surface area contributed by atoms with Crippen molar-refractivity contribution in [3.05, 3.63) is 29.8 Å². The van der Waals surface area contributed by atoms with Gasteiger partial charge < -0.3 is 4.90 Å². The van der Waals surface area contributed by atoms with E-state index in [-0.39, 0.29) is 5.91 Å². The molecule has 3 nitrogen and oxygen atoms in total. The summed E-state index contributed by atoms with van der Waals surface area (Å²) >= 11 is 0.504. The van der Waals surface area contributed by atoms with Gasteiger partial charge in [-0.05, 0) is 37.1 Å². The van der Waals surface area contributed by atoms with E-state index in [1.807, 2.05) is 4.90 Å². The van der Waals surface area contributed by atoms with Crippen LogP contribution in [-0.2, 0) is 0 Å². The molecule has 0 unspecified atom stereocenters. The van der Waals surface area contributed by atoms with Crippen molar-refractivity contribution in [3.63, 3.8) is 0 Å². The zero-order valence-corrected chi connectivity index (χ0v) is 13.9. The summed E-state index contributed by atoms with van der Waals surface area (Å²) in [5, 5.41) is 0. The first-order valence-electron chi connectivity index (χ1n) is 8.21. The molecule has 1 aliphatic heterocycles. The second kappa shape index (κ2) is 7.62. The van der Waals surface area contributed by atoms with Crippen molar-refractivity contribution >= 4 is 17.7 Å². The molecule has 0 N–H and O–H groups in total. The summed E-state index contributed by atoms with van der Waals surface area (Å²) in [6.07, 6.45) is 5.23. The van der Waals surface area contributed by atoms with E-state index < -0.39 is 5.76 Å². The van der Waals surface area contributed by atoms with Gasteiger partial charge in [0.2, 0.25) is 0 Å². The SMILES string of the molecule is O=C(c1ccc(SC(F)F)cc1)N1CCN(C2CCCC2)CC1. The van der Waals surface area contributed by atoms with Gasteiger partial charge in [0.1, 0.15) is 0 Å². The van der Waals surface area contributed by atoms with Crippen LogP contribution in [-0.4, -0.2) is 53.7 Å². The summed E-state index contributed by atoms with van der Waals surface area (Å²) in [6, 6.07) is 7.20. The minimum atomic E-state index is -2.43. The van der Waals surface area contributed by atoms with Crippen LogP contribution in [0.5, 0.6) is 0 Å². The highest BCUT2D eigenvalue weighted by molar-refractivity contribution is 7.99. The number of thioether (sulfide) groups is 1. The van der Waals surface area contributed by atoms with Gasteiger partial charge in [-0.3, -0.25) is 9.69 Å². The van der Waals surface area contributed by atoms with E-state index in [1.54, 1.807) is 24.3 Å². The minimum absolute atomic E-state index is 0.00432. The van der Waals surface area contributed by atoms with Crippen LogP contribution in [0.4, 0.5) is 8.78 Å². The molecule has 3 rings (SSSR count). The smallest absolute Gasteiger partial charge is 0.288 e. The molecule has 23 heavy (non-hydrogen) atoms. The van der Waals surface area contributed by atoms with Crippen molar-refractivity contribution in [2.45, 2.75) is 42.4 Å². The minimum Gasteiger partial charge on any atom is -0.336 e. The number of alkyl halides is 2. The molecule has 0 aromatic heterocycles. The van der Waals surface area contributed by atoms with Gasteiger partial charge in [0.15, 0.2) is 0 Å². The van der Waals surface area contributed by atoms with Crippen molar-refractivity contribution < 1.29 is 13.6 Å². The fraction of sp³-hybridized carbons (Fsp3) is 0.588. The highest BCUT2D eigenvalue weighted by Gasteiger charge is 2.28. The molecule has 0 atom stereocenters. The van der Waals surface area contributed by atoms with Crippen molar-refractivity contribution in [3.8, 4) is 0 Å². The number of hydrogen-bond acceptors (Lipinski definition) is 3. The van der Waals surface area contributed by atoms with Gasteiger partial charge in [-0.1, -0.05) is 24.6 Å². The number of piperazine rings is 1. The fourth-order valence-corrected chi connectivity index (χ4v) is 4.02. The molecule has 2 fully saturated rings. The maximum atomic E-state index is 12.5. The highest BCUT2D eigenvalue weighted by atomic mass is 32.2. The molecule has 1 aromatic rings. The Hall–Kier alpha value is -1.14. The van der Waals surface area contributed by atoms with Crippen LogP contribution in [0.25, 0.3) is 0 Å². The summed E-state index contributed by atoms with van der Waals surface area (Å²) in [5.74, 6) is -2.43. The zero-order valence-electron chi connectivity index (χ0n) is 13.1. The van der Waals surface area contributed by atoms with Crippen LogP contribution >= 0.6 is 11.8 Å². The number of amides is 1. The molecule has 1 heterocycles. The van der Waals surface area contributed by atoms with Gasteiger partial charge in [0.25, 0.3) is 11.7 Å². The number of carbonyl (C=O) groups excluding carboxylic acids is 1. The molecule has 2 aliphatic rings. The van der Waals surface area contributed by atoms with Crippen LogP contribution in [0.1, 0.15) is 36.0 Å². The molecule has 126 valence electrons. The Morgan fingerprint density at radius 2 is 1.65 bits per heavy atom. The van der Waals surface area contributed by atoms with E-state index in [0.29, 0.717) is 28.3 Å². The number of hydrogen-bond donors (Lipinski definition) is 0.